The van der Waals surface area contributed by atoms with Gasteiger partial charge in [-0.15, -0.1) is 0 Å². The van der Waals surface area contributed by atoms with Crippen LogP contribution < -0.4 is 5.32 Å². The fourth-order valence-electron chi connectivity index (χ4n) is 2.00. The van der Waals surface area contributed by atoms with Crippen molar-refractivity contribution in [3.63, 3.8) is 0 Å². The summed E-state index contributed by atoms with van der Waals surface area (Å²) < 4.78 is 0.757. The summed E-state index contributed by atoms with van der Waals surface area (Å²) in [5.74, 6) is 0.759. The van der Waals surface area contributed by atoms with Crippen LogP contribution in [0, 0.1) is 0 Å². The summed E-state index contributed by atoms with van der Waals surface area (Å²) >= 11 is 3.35. The van der Waals surface area contributed by atoms with E-state index in [0.717, 1.165) is 21.7 Å². The predicted octanol–water partition coefficient (Wildman–Crippen LogP) is 4.65. The van der Waals surface area contributed by atoms with Crippen LogP contribution in [0.15, 0.2) is 71.6 Å². The van der Waals surface area contributed by atoms with Gasteiger partial charge in [-0.3, -0.25) is 0 Å². The van der Waals surface area contributed by atoms with Gasteiger partial charge < -0.3 is 5.32 Å². The molecule has 0 aliphatic rings. The van der Waals surface area contributed by atoms with Crippen LogP contribution in [-0.2, 0) is 0 Å². The van der Waals surface area contributed by atoms with E-state index in [-0.39, 0.29) is 0 Å². The molecule has 1 heterocycles. The van der Waals surface area contributed by atoms with Crippen molar-refractivity contribution in [2.24, 2.45) is 0 Å². The van der Waals surface area contributed by atoms with Gasteiger partial charge in [-0.2, -0.15) is 0 Å². The first-order valence-electron chi connectivity index (χ1n) is 6.22. The smallest absolute Gasteiger partial charge is 0.134 e. The van der Waals surface area contributed by atoms with Gasteiger partial charge in [0, 0.05) is 17.3 Å². The van der Waals surface area contributed by atoms with Gasteiger partial charge in [0.05, 0.1) is 0 Å². The maximum absolute atomic E-state index is 4.22. The van der Waals surface area contributed by atoms with Crippen LogP contribution in [0.5, 0.6) is 0 Å². The minimum absolute atomic E-state index is 0.757. The van der Waals surface area contributed by atoms with Gasteiger partial charge >= 0.3 is 0 Å². The highest BCUT2D eigenvalue weighted by Gasteiger charge is 2.05. The first-order chi connectivity index (χ1) is 9.83. The summed E-state index contributed by atoms with van der Waals surface area (Å²) in [5, 5.41) is 3.33. The van der Waals surface area contributed by atoms with E-state index < -0.39 is 0 Å². The SMILES string of the molecule is Brc1cc(Nc2ccccc2-c2ccccc2)ncn1. The number of rotatable bonds is 3. The summed E-state index contributed by atoms with van der Waals surface area (Å²) in [7, 11) is 0. The topological polar surface area (TPSA) is 37.8 Å². The van der Waals surface area contributed by atoms with Crippen molar-refractivity contribution in [3.8, 4) is 11.1 Å². The number of aromatic nitrogens is 2. The highest BCUT2D eigenvalue weighted by molar-refractivity contribution is 9.10. The van der Waals surface area contributed by atoms with Crippen LogP contribution in [0.1, 0.15) is 0 Å². The van der Waals surface area contributed by atoms with E-state index in [2.05, 4.69) is 49.4 Å². The highest BCUT2D eigenvalue weighted by atomic mass is 79.9. The Morgan fingerprint density at radius 3 is 2.40 bits per heavy atom. The normalized spacial score (nSPS) is 10.2. The van der Waals surface area contributed by atoms with Gasteiger partial charge in [0.2, 0.25) is 0 Å². The second-order valence-corrected chi connectivity index (χ2v) is 5.08. The van der Waals surface area contributed by atoms with Crippen molar-refractivity contribution in [2.75, 3.05) is 5.32 Å². The zero-order valence-corrected chi connectivity index (χ0v) is 12.2. The fourth-order valence-corrected chi connectivity index (χ4v) is 2.31. The van der Waals surface area contributed by atoms with E-state index in [1.165, 1.54) is 11.9 Å². The van der Waals surface area contributed by atoms with E-state index in [4.69, 9.17) is 0 Å². The molecule has 3 rings (SSSR count). The zero-order chi connectivity index (χ0) is 13.8. The van der Waals surface area contributed by atoms with E-state index in [1.54, 1.807) is 0 Å². The lowest BCUT2D eigenvalue weighted by Gasteiger charge is -2.11. The molecule has 0 saturated heterocycles. The molecular formula is C16H12BrN3. The van der Waals surface area contributed by atoms with Gasteiger partial charge in [-0.05, 0) is 27.6 Å². The lowest BCUT2D eigenvalue weighted by molar-refractivity contribution is 1.14. The summed E-state index contributed by atoms with van der Waals surface area (Å²) in [6.07, 6.45) is 1.53. The van der Waals surface area contributed by atoms with Crippen molar-refractivity contribution < 1.29 is 0 Å². The quantitative estimate of drug-likeness (QED) is 0.712. The Hall–Kier alpha value is -2.20. The van der Waals surface area contributed by atoms with Crippen LogP contribution in [-0.4, -0.2) is 9.97 Å². The molecule has 0 spiro atoms. The molecule has 20 heavy (non-hydrogen) atoms. The number of para-hydroxylation sites is 1. The second-order valence-electron chi connectivity index (χ2n) is 4.26. The molecule has 1 aromatic heterocycles. The first kappa shape index (κ1) is 12.8. The summed E-state index contributed by atoms with van der Waals surface area (Å²) in [4.78, 5) is 8.25. The number of hydrogen-bond acceptors (Lipinski definition) is 3. The van der Waals surface area contributed by atoms with Gasteiger partial charge in [-0.25, -0.2) is 9.97 Å². The Labute approximate surface area is 125 Å². The number of halogens is 1. The lowest BCUT2D eigenvalue weighted by Crippen LogP contribution is -1.96. The Kier molecular flexibility index (Phi) is 3.74. The van der Waals surface area contributed by atoms with E-state index >= 15 is 0 Å². The van der Waals surface area contributed by atoms with Gasteiger partial charge in [0.25, 0.3) is 0 Å². The monoisotopic (exact) mass is 325 g/mol. The number of benzene rings is 2. The van der Waals surface area contributed by atoms with Crippen molar-refractivity contribution in [3.05, 3.63) is 71.6 Å². The molecule has 4 heteroatoms. The number of anilines is 2. The number of nitrogens with zero attached hydrogens (tertiary/aromatic N) is 2. The minimum Gasteiger partial charge on any atom is -0.340 e. The summed E-state index contributed by atoms with van der Waals surface area (Å²) in [6, 6.07) is 20.3. The Bertz CT molecular complexity index is 714. The third-order valence-corrected chi connectivity index (χ3v) is 3.34. The average Bonchev–Trinajstić information content (AvgIpc) is 2.49. The Morgan fingerprint density at radius 2 is 1.60 bits per heavy atom. The van der Waals surface area contributed by atoms with Crippen molar-refractivity contribution in [1.82, 2.24) is 9.97 Å². The van der Waals surface area contributed by atoms with Gasteiger partial charge in [0.15, 0.2) is 0 Å². The van der Waals surface area contributed by atoms with Gasteiger partial charge in [0.1, 0.15) is 16.7 Å². The van der Waals surface area contributed by atoms with Crippen molar-refractivity contribution in [1.29, 1.82) is 0 Å². The summed E-state index contributed by atoms with van der Waals surface area (Å²) in [6.45, 7) is 0. The Balaban J connectivity index is 1.99. The molecule has 0 atom stereocenters. The third-order valence-electron chi connectivity index (χ3n) is 2.91. The molecule has 2 aromatic carbocycles. The molecule has 0 saturated carbocycles. The standard InChI is InChI=1S/C16H12BrN3/c17-15-10-16(19-11-18-15)20-14-9-5-4-8-13(14)12-6-2-1-3-7-12/h1-11H,(H,18,19,20). The first-order valence-corrected chi connectivity index (χ1v) is 7.01. The molecule has 0 bridgehead atoms. The molecule has 3 aromatic rings. The van der Waals surface area contributed by atoms with E-state index in [1.807, 2.05) is 42.5 Å². The average molecular weight is 326 g/mol. The van der Waals surface area contributed by atoms with E-state index in [9.17, 15) is 0 Å². The molecule has 0 radical (unpaired) electrons. The van der Waals surface area contributed by atoms with Crippen LogP contribution in [0.3, 0.4) is 0 Å². The molecular weight excluding hydrogens is 314 g/mol. The molecule has 0 amide bonds. The van der Waals surface area contributed by atoms with Crippen LogP contribution in [0.2, 0.25) is 0 Å². The van der Waals surface area contributed by atoms with Crippen molar-refractivity contribution in [2.45, 2.75) is 0 Å². The number of hydrogen-bond donors (Lipinski definition) is 1. The molecule has 0 fully saturated rings. The Morgan fingerprint density at radius 1 is 0.850 bits per heavy atom. The molecule has 0 aliphatic heterocycles. The molecule has 3 nitrogen and oxygen atoms in total. The van der Waals surface area contributed by atoms with E-state index in [0.29, 0.717) is 0 Å². The second kappa shape index (κ2) is 5.84. The molecule has 0 unspecified atom stereocenters. The maximum Gasteiger partial charge on any atom is 0.134 e. The minimum atomic E-state index is 0.757. The fraction of sp³-hybridized carbons (Fsp3) is 0. The predicted molar refractivity (Wildman–Crippen MR) is 84.9 cm³/mol. The molecule has 0 aliphatic carbocycles. The molecule has 1 N–H and O–H groups in total. The largest absolute Gasteiger partial charge is 0.340 e. The lowest BCUT2D eigenvalue weighted by atomic mass is 10.0. The number of nitrogens with one attached hydrogen (secondary N) is 1. The maximum atomic E-state index is 4.22. The molecule has 98 valence electrons. The van der Waals surface area contributed by atoms with Crippen LogP contribution in [0.25, 0.3) is 11.1 Å². The third kappa shape index (κ3) is 2.86. The van der Waals surface area contributed by atoms with Crippen molar-refractivity contribution >= 4 is 27.4 Å². The zero-order valence-electron chi connectivity index (χ0n) is 10.6. The van der Waals surface area contributed by atoms with Crippen LogP contribution in [0.4, 0.5) is 11.5 Å². The van der Waals surface area contributed by atoms with Gasteiger partial charge in [-0.1, -0.05) is 48.5 Å². The van der Waals surface area contributed by atoms with Crippen LogP contribution >= 0.6 is 15.9 Å². The summed E-state index contributed by atoms with van der Waals surface area (Å²) in [5.41, 5.74) is 3.33. The highest BCUT2D eigenvalue weighted by Crippen LogP contribution is 2.29.